The second-order valence-corrected chi connectivity index (χ2v) is 5.67. The molecule has 0 aromatic carbocycles. The summed E-state index contributed by atoms with van der Waals surface area (Å²) in [6.45, 7) is 3.80. The maximum absolute atomic E-state index is 12.2. The van der Waals surface area contributed by atoms with Crippen molar-refractivity contribution in [3.8, 4) is 0 Å². The largest absolute Gasteiger partial charge is 0.383 e. The quantitative estimate of drug-likeness (QED) is 0.798. The first kappa shape index (κ1) is 14.3. The van der Waals surface area contributed by atoms with Crippen LogP contribution in [0.1, 0.15) is 39.0 Å². The standard InChI is InChI=1S/C14H24N2O3/c1-11(17)15-7-9-16(10-8-15)14(19)13(18)12-5-3-2-4-6-12/h12-13,18H,2-10H2,1H3. The van der Waals surface area contributed by atoms with E-state index in [2.05, 4.69) is 0 Å². The molecule has 1 saturated heterocycles. The maximum atomic E-state index is 12.2. The normalized spacial score (nSPS) is 23.3. The molecule has 108 valence electrons. The first-order valence-electron chi connectivity index (χ1n) is 7.32. The fourth-order valence-electron chi connectivity index (χ4n) is 3.08. The molecule has 2 aliphatic rings. The van der Waals surface area contributed by atoms with Gasteiger partial charge in [-0.3, -0.25) is 9.59 Å². The van der Waals surface area contributed by atoms with Gasteiger partial charge in [0.2, 0.25) is 5.91 Å². The number of hydrogen-bond acceptors (Lipinski definition) is 3. The van der Waals surface area contributed by atoms with Gasteiger partial charge in [0.05, 0.1) is 0 Å². The average Bonchev–Trinajstić information content (AvgIpc) is 2.46. The van der Waals surface area contributed by atoms with Crippen LogP contribution in [0.3, 0.4) is 0 Å². The van der Waals surface area contributed by atoms with Crippen LogP contribution in [-0.2, 0) is 9.59 Å². The lowest BCUT2D eigenvalue weighted by Crippen LogP contribution is -2.53. The van der Waals surface area contributed by atoms with E-state index >= 15 is 0 Å². The molecule has 2 fully saturated rings. The molecule has 5 nitrogen and oxygen atoms in total. The summed E-state index contributed by atoms with van der Waals surface area (Å²) in [5.74, 6) is 0.0436. The summed E-state index contributed by atoms with van der Waals surface area (Å²) >= 11 is 0. The molecule has 1 N–H and O–H groups in total. The number of amides is 2. The highest BCUT2D eigenvalue weighted by Crippen LogP contribution is 2.27. The van der Waals surface area contributed by atoms with Gasteiger partial charge in [-0.1, -0.05) is 19.3 Å². The number of hydrogen-bond donors (Lipinski definition) is 1. The number of rotatable bonds is 2. The first-order chi connectivity index (χ1) is 9.09. The molecule has 1 unspecified atom stereocenters. The first-order valence-corrected chi connectivity index (χ1v) is 7.32. The van der Waals surface area contributed by atoms with Gasteiger partial charge in [0.25, 0.3) is 5.91 Å². The Morgan fingerprint density at radius 2 is 1.53 bits per heavy atom. The lowest BCUT2D eigenvalue weighted by atomic mass is 9.85. The minimum absolute atomic E-state index is 0.0555. The second-order valence-electron chi connectivity index (χ2n) is 5.67. The van der Waals surface area contributed by atoms with Crippen LogP contribution in [0.5, 0.6) is 0 Å². The van der Waals surface area contributed by atoms with Crippen LogP contribution in [0.15, 0.2) is 0 Å². The van der Waals surface area contributed by atoms with Gasteiger partial charge in [-0.05, 0) is 18.8 Å². The lowest BCUT2D eigenvalue weighted by Gasteiger charge is -2.36. The fraction of sp³-hybridized carbons (Fsp3) is 0.857. The predicted octanol–water partition coefficient (Wildman–Crippen LogP) is 0.618. The van der Waals surface area contributed by atoms with Crippen LogP contribution in [-0.4, -0.2) is 59.0 Å². The predicted molar refractivity (Wildman–Crippen MR) is 71.4 cm³/mol. The minimum atomic E-state index is -0.843. The highest BCUT2D eigenvalue weighted by Gasteiger charge is 2.32. The number of aliphatic hydroxyl groups excluding tert-OH is 1. The van der Waals surface area contributed by atoms with E-state index in [-0.39, 0.29) is 17.7 Å². The van der Waals surface area contributed by atoms with Crippen molar-refractivity contribution in [3.05, 3.63) is 0 Å². The molecule has 0 aromatic rings. The molecule has 0 radical (unpaired) electrons. The molecule has 2 rings (SSSR count). The molecule has 0 spiro atoms. The Morgan fingerprint density at radius 3 is 2.05 bits per heavy atom. The van der Waals surface area contributed by atoms with E-state index in [0.717, 1.165) is 25.7 Å². The van der Waals surface area contributed by atoms with Gasteiger partial charge in [0.15, 0.2) is 0 Å². The fourth-order valence-corrected chi connectivity index (χ4v) is 3.08. The summed E-state index contributed by atoms with van der Waals surface area (Å²) in [7, 11) is 0. The Kier molecular flexibility index (Phi) is 4.80. The van der Waals surface area contributed by atoms with Crippen molar-refractivity contribution in [3.63, 3.8) is 0 Å². The molecule has 1 heterocycles. The summed E-state index contributed by atoms with van der Waals surface area (Å²) in [4.78, 5) is 26.9. The van der Waals surface area contributed by atoms with E-state index < -0.39 is 6.10 Å². The van der Waals surface area contributed by atoms with E-state index in [4.69, 9.17) is 0 Å². The van der Waals surface area contributed by atoms with Crippen molar-refractivity contribution in [2.45, 2.75) is 45.1 Å². The summed E-state index contributed by atoms with van der Waals surface area (Å²) in [5, 5.41) is 10.2. The van der Waals surface area contributed by atoms with Crippen LogP contribution in [0.25, 0.3) is 0 Å². The minimum Gasteiger partial charge on any atom is -0.383 e. The highest BCUT2D eigenvalue weighted by atomic mass is 16.3. The van der Waals surface area contributed by atoms with Crippen LogP contribution in [0.4, 0.5) is 0 Å². The summed E-state index contributed by atoms with van der Waals surface area (Å²) in [5.41, 5.74) is 0. The number of piperazine rings is 1. The third-order valence-electron chi connectivity index (χ3n) is 4.39. The van der Waals surface area contributed by atoms with Crippen molar-refractivity contribution in [1.29, 1.82) is 0 Å². The van der Waals surface area contributed by atoms with Gasteiger partial charge in [0, 0.05) is 33.1 Å². The Bertz CT molecular complexity index is 332. The van der Waals surface area contributed by atoms with Crippen molar-refractivity contribution < 1.29 is 14.7 Å². The monoisotopic (exact) mass is 268 g/mol. The van der Waals surface area contributed by atoms with E-state index in [1.807, 2.05) is 0 Å². The maximum Gasteiger partial charge on any atom is 0.251 e. The Labute approximate surface area is 114 Å². The van der Waals surface area contributed by atoms with E-state index in [0.29, 0.717) is 26.2 Å². The average molecular weight is 268 g/mol. The van der Waals surface area contributed by atoms with Crippen molar-refractivity contribution >= 4 is 11.8 Å². The van der Waals surface area contributed by atoms with Crippen LogP contribution in [0, 0.1) is 5.92 Å². The van der Waals surface area contributed by atoms with Crippen LogP contribution in [0.2, 0.25) is 0 Å². The zero-order chi connectivity index (χ0) is 13.8. The van der Waals surface area contributed by atoms with Crippen molar-refractivity contribution in [2.24, 2.45) is 5.92 Å². The van der Waals surface area contributed by atoms with Gasteiger partial charge >= 0.3 is 0 Å². The summed E-state index contributed by atoms with van der Waals surface area (Å²) in [6.07, 6.45) is 4.53. The molecular weight excluding hydrogens is 244 g/mol. The van der Waals surface area contributed by atoms with Crippen molar-refractivity contribution in [2.75, 3.05) is 26.2 Å². The van der Waals surface area contributed by atoms with Crippen LogP contribution < -0.4 is 0 Å². The SMILES string of the molecule is CC(=O)N1CCN(C(=O)C(O)C2CCCCC2)CC1. The number of nitrogens with zero attached hydrogens (tertiary/aromatic N) is 2. The van der Waals surface area contributed by atoms with Gasteiger partial charge < -0.3 is 14.9 Å². The second kappa shape index (κ2) is 6.37. The van der Waals surface area contributed by atoms with Gasteiger partial charge in [0.1, 0.15) is 6.10 Å². The van der Waals surface area contributed by atoms with Crippen molar-refractivity contribution in [1.82, 2.24) is 9.80 Å². The molecule has 1 saturated carbocycles. The molecule has 0 bridgehead atoms. The van der Waals surface area contributed by atoms with Crippen LogP contribution >= 0.6 is 0 Å². The molecule has 0 aromatic heterocycles. The molecule has 2 amide bonds. The van der Waals surface area contributed by atoms with Gasteiger partial charge in [-0.25, -0.2) is 0 Å². The Morgan fingerprint density at radius 1 is 1.00 bits per heavy atom. The summed E-state index contributed by atoms with van der Waals surface area (Å²) in [6, 6.07) is 0. The third-order valence-corrected chi connectivity index (χ3v) is 4.39. The zero-order valence-electron chi connectivity index (χ0n) is 11.7. The number of aliphatic hydroxyl groups is 1. The number of carbonyl (C=O) groups excluding carboxylic acids is 2. The Balaban J connectivity index is 1.84. The van der Waals surface area contributed by atoms with E-state index in [1.54, 1.807) is 16.7 Å². The molecule has 1 atom stereocenters. The van der Waals surface area contributed by atoms with Gasteiger partial charge in [-0.15, -0.1) is 0 Å². The highest BCUT2D eigenvalue weighted by molar-refractivity contribution is 5.81. The molecule has 1 aliphatic carbocycles. The molecular formula is C14H24N2O3. The topological polar surface area (TPSA) is 60.9 Å². The van der Waals surface area contributed by atoms with E-state index in [1.165, 1.54) is 6.42 Å². The number of carbonyl (C=O) groups is 2. The molecule has 1 aliphatic heterocycles. The van der Waals surface area contributed by atoms with Gasteiger partial charge in [-0.2, -0.15) is 0 Å². The smallest absolute Gasteiger partial charge is 0.251 e. The van der Waals surface area contributed by atoms with E-state index in [9.17, 15) is 14.7 Å². The molecule has 5 heteroatoms. The Hall–Kier alpha value is -1.10. The molecule has 19 heavy (non-hydrogen) atoms. The zero-order valence-corrected chi connectivity index (χ0v) is 11.7. The lowest BCUT2D eigenvalue weighted by molar-refractivity contribution is -0.147. The third kappa shape index (κ3) is 3.47. The summed E-state index contributed by atoms with van der Waals surface area (Å²) < 4.78 is 0.